The first kappa shape index (κ1) is 16.7. The molecule has 0 aliphatic carbocycles. The lowest BCUT2D eigenvalue weighted by Crippen LogP contribution is -2.35. The minimum Gasteiger partial charge on any atom is -0.478 e. The Morgan fingerprint density at radius 2 is 1.86 bits per heavy atom. The van der Waals surface area contributed by atoms with Gasteiger partial charge < -0.3 is 20.0 Å². The minimum atomic E-state index is -1.03. The second kappa shape index (κ2) is 6.88. The van der Waals surface area contributed by atoms with E-state index in [0.717, 1.165) is 0 Å². The quantitative estimate of drug-likeness (QED) is 0.814. The number of alkyl carbamates (subject to hydrolysis) is 1. The van der Waals surface area contributed by atoms with Crippen LogP contribution in [0.1, 0.15) is 49.2 Å². The first-order valence-electron chi connectivity index (χ1n) is 6.49. The normalized spacial score (nSPS) is 12.3. The molecule has 6 nitrogen and oxygen atoms in total. The van der Waals surface area contributed by atoms with Crippen molar-refractivity contribution >= 4 is 18.3 Å². The molecule has 1 rings (SSSR count). The van der Waals surface area contributed by atoms with Gasteiger partial charge in [-0.1, -0.05) is 12.1 Å². The lowest BCUT2D eigenvalue weighted by Gasteiger charge is -2.23. The SMILES string of the molecule is CC(C)(C)OC(=O)N[C@H](CC=O)c1ccc(C(=O)O)cc1. The summed E-state index contributed by atoms with van der Waals surface area (Å²) < 4.78 is 5.14. The number of nitrogens with one attached hydrogen (secondary N) is 1. The highest BCUT2D eigenvalue weighted by molar-refractivity contribution is 5.87. The third-order valence-electron chi connectivity index (χ3n) is 2.58. The Morgan fingerprint density at radius 1 is 1.29 bits per heavy atom. The monoisotopic (exact) mass is 293 g/mol. The van der Waals surface area contributed by atoms with Gasteiger partial charge in [0.25, 0.3) is 0 Å². The Labute approximate surface area is 123 Å². The number of hydrogen-bond acceptors (Lipinski definition) is 4. The van der Waals surface area contributed by atoms with E-state index < -0.39 is 23.7 Å². The van der Waals surface area contributed by atoms with Crippen LogP contribution in [0.3, 0.4) is 0 Å². The van der Waals surface area contributed by atoms with Crippen LogP contribution in [0.15, 0.2) is 24.3 Å². The van der Waals surface area contributed by atoms with E-state index in [2.05, 4.69) is 5.32 Å². The summed E-state index contributed by atoms with van der Waals surface area (Å²) in [6, 6.07) is 5.42. The number of hydrogen-bond donors (Lipinski definition) is 2. The van der Waals surface area contributed by atoms with Gasteiger partial charge in [-0.25, -0.2) is 9.59 Å². The Kier molecular flexibility index (Phi) is 5.46. The predicted molar refractivity (Wildman–Crippen MR) is 76.2 cm³/mol. The average Bonchev–Trinajstić information content (AvgIpc) is 2.36. The van der Waals surface area contributed by atoms with Crippen molar-refractivity contribution in [1.29, 1.82) is 0 Å². The van der Waals surface area contributed by atoms with Gasteiger partial charge in [0.05, 0.1) is 11.6 Å². The third-order valence-corrected chi connectivity index (χ3v) is 2.58. The Bertz CT molecular complexity index is 516. The zero-order valence-electron chi connectivity index (χ0n) is 12.3. The van der Waals surface area contributed by atoms with Crippen LogP contribution >= 0.6 is 0 Å². The molecule has 0 spiro atoms. The molecule has 0 aliphatic rings. The molecule has 1 amide bonds. The third kappa shape index (κ3) is 5.64. The topological polar surface area (TPSA) is 92.7 Å². The smallest absolute Gasteiger partial charge is 0.408 e. The summed E-state index contributed by atoms with van der Waals surface area (Å²) in [6.07, 6.45) is 0.135. The van der Waals surface area contributed by atoms with E-state index in [-0.39, 0.29) is 12.0 Å². The summed E-state index contributed by atoms with van der Waals surface area (Å²) in [7, 11) is 0. The number of amides is 1. The molecule has 0 unspecified atom stereocenters. The van der Waals surface area contributed by atoms with E-state index in [9.17, 15) is 14.4 Å². The second-order valence-corrected chi connectivity index (χ2v) is 5.53. The zero-order valence-corrected chi connectivity index (χ0v) is 12.3. The summed E-state index contributed by atoms with van der Waals surface area (Å²) in [5, 5.41) is 11.4. The number of carbonyl (C=O) groups excluding carboxylic acids is 2. The lowest BCUT2D eigenvalue weighted by molar-refractivity contribution is -0.108. The van der Waals surface area contributed by atoms with Crippen molar-refractivity contribution in [3.8, 4) is 0 Å². The highest BCUT2D eigenvalue weighted by Gasteiger charge is 2.20. The first-order chi connectivity index (χ1) is 9.73. The summed E-state index contributed by atoms with van der Waals surface area (Å²) in [5.74, 6) is -1.03. The zero-order chi connectivity index (χ0) is 16.0. The number of carbonyl (C=O) groups is 3. The van der Waals surface area contributed by atoms with Gasteiger partial charge in [0.15, 0.2) is 0 Å². The summed E-state index contributed by atoms with van der Waals surface area (Å²) in [5.41, 5.74) is 0.141. The van der Waals surface area contributed by atoms with Crippen LogP contribution in [0.25, 0.3) is 0 Å². The number of carboxylic acid groups (broad SMARTS) is 1. The van der Waals surface area contributed by atoms with E-state index in [4.69, 9.17) is 9.84 Å². The second-order valence-electron chi connectivity index (χ2n) is 5.53. The average molecular weight is 293 g/mol. The highest BCUT2D eigenvalue weighted by Crippen LogP contribution is 2.18. The number of carboxylic acids is 1. The van der Waals surface area contributed by atoms with Gasteiger partial charge in [-0.3, -0.25) is 0 Å². The van der Waals surface area contributed by atoms with Crippen LogP contribution in [0.5, 0.6) is 0 Å². The summed E-state index contributed by atoms with van der Waals surface area (Å²) in [4.78, 5) is 33.3. The van der Waals surface area contributed by atoms with Gasteiger partial charge >= 0.3 is 12.1 Å². The maximum Gasteiger partial charge on any atom is 0.408 e. The standard InChI is InChI=1S/C15H19NO5/c1-15(2,3)21-14(20)16-12(8-9-17)10-4-6-11(7-5-10)13(18)19/h4-7,9,12H,8H2,1-3H3,(H,16,20)(H,18,19)/t12-/m1/s1. The summed E-state index contributed by atoms with van der Waals surface area (Å²) >= 11 is 0. The predicted octanol–water partition coefficient (Wildman–Crippen LogP) is 2.54. The van der Waals surface area contributed by atoms with Gasteiger partial charge in [0, 0.05) is 6.42 Å². The molecule has 0 saturated carbocycles. The molecule has 6 heteroatoms. The number of rotatable bonds is 5. The van der Waals surface area contributed by atoms with Gasteiger partial charge in [-0.05, 0) is 38.5 Å². The molecule has 0 bridgehead atoms. The lowest BCUT2D eigenvalue weighted by atomic mass is 10.0. The van der Waals surface area contributed by atoms with Gasteiger partial charge in [0.1, 0.15) is 11.9 Å². The molecular weight excluding hydrogens is 274 g/mol. The van der Waals surface area contributed by atoms with Crippen LogP contribution in [0.4, 0.5) is 4.79 Å². The molecule has 0 aliphatic heterocycles. The molecule has 0 heterocycles. The Balaban J connectivity index is 2.83. The van der Waals surface area contributed by atoms with Crippen molar-refractivity contribution < 1.29 is 24.2 Å². The van der Waals surface area contributed by atoms with E-state index >= 15 is 0 Å². The van der Waals surface area contributed by atoms with Gasteiger partial charge in [0.2, 0.25) is 0 Å². The Morgan fingerprint density at radius 3 is 2.29 bits per heavy atom. The van der Waals surface area contributed by atoms with E-state index in [1.165, 1.54) is 12.1 Å². The molecular formula is C15H19NO5. The number of aromatic carboxylic acids is 1. The van der Waals surface area contributed by atoms with Gasteiger partial charge in [-0.15, -0.1) is 0 Å². The van der Waals surface area contributed by atoms with Crippen LogP contribution in [0, 0.1) is 0 Å². The van der Waals surface area contributed by atoms with E-state index in [1.54, 1.807) is 32.9 Å². The molecule has 0 aromatic heterocycles. The van der Waals surface area contributed by atoms with Crippen LogP contribution in [0.2, 0.25) is 0 Å². The fourth-order valence-corrected chi connectivity index (χ4v) is 1.68. The fraction of sp³-hybridized carbons (Fsp3) is 0.400. The molecule has 21 heavy (non-hydrogen) atoms. The highest BCUT2D eigenvalue weighted by atomic mass is 16.6. The van der Waals surface area contributed by atoms with Crippen LogP contribution in [-0.2, 0) is 9.53 Å². The molecule has 2 N–H and O–H groups in total. The molecule has 0 fully saturated rings. The largest absolute Gasteiger partial charge is 0.478 e. The van der Waals surface area contributed by atoms with E-state index in [1.807, 2.05) is 0 Å². The number of ether oxygens (including phenoxy) is 1. The van der Waals surface area contributed by atoms with Crippen LogP contribution in [-0.4, -0.2) is 29.1 Å². The van der Waals surface area contributed by atoms with E-state index in [0.29, 0.717) is 11.8 Å². The minimum absolute atomic E-state index is 0.0751. The maximum absolute atomic E-state index is 11.7. The molecule has 1 aromatic rings. The van der Waals surface area contributed by atoms with Gasteiger partial charge in [-0.2, -0.15) is 0 Å². The number of aldehydes is 1. The molecule has 114 valence electrons. The van der Waals surface area contributed by atoms with Crippen molar-refractivity contribution in [3.63, 3.8) is 0 Å². The number of benzene rings is 1. The van der Waals surface area contributed by atoms with Crippen molar-refractivity contribution in [2.75, 3.05) is 0 Å². The molecule has 1 atom stereocenters. The summed E-state index contributed by atoms with van der Waals surface area (Å²) in [6.45, 7) is 5.22. The van der Waals surface area contributed by atoms with Crippen LogP contribution < -0.4 is 5.32 Å². The van der Waals surface area contributed by atoms with Crippen molar-refractivity contribution in [2.24, 2.45) is 0 Å². The molecule has 0 radical (unpaired) electrons. The fourth-order valence-electron chi connectivity index (χ4n) is 1.68. The Hall–Kier alpha value is -2.37. The van der Waals surface area contributed by atoms with Crippen molar-refractivity contribution in [2.45, 2.75) is 38.8 Å². The first-order valence-corrected chi connectivity index (χ1v) is 6.49. The molecule has 0 saturated heterocycles. The van der Waals surface area contributed by atoms with Crippen molar-refractivity contribution in [1.82, 2.24) is 5.32 Å². The van der Waals surface area contributed by atoms with Crippen molar-refractivity contribution in [3.05, 3.63) is 35.4 Å². The maximum atomic E-state index is 11.7. The molecule has 1 aromatic carbocycles.